The van der Waals surface area contributed by atoms with Crippen molar-refractivity contribution in [3.8, 4) is 5.75 Å². The van der Waals surface area contributed by atoms with Crippen LogP contribution in [-0.2, 0) is 16.2 Å². The van der Waals surface area contributed by atoms with E-state index in [1.165, 1.54) is 4.90 Å². The summed E-state index contributed by atoms with van der Waals surface area (Å²) in [6, 6.07) is 31.1. The first-order valence-electron chi connectivity index (χ1n) is 12.8. The van der Waals surface area contributed by atoms with Crippen LogP contribution in [0.5, 0.6) is 5.75 Å². The van der Waals surface area contributed by atoms with Crippen molar-refractivity contribution >= 4 is 28.8 Å². The highest BCUT2D eigenvalue weighted by atomic mass is 16.5. The van der Waals surface area contributed by atoms with Crippen molar-refractivity contribution in [1.82, 2.24) is 0 Å². The third-order valence-corrected chi connectivity index (χ3v) is 6.89. The summed E-state index contributed by atoms with van der Waals surface area (Å²) in [6.45, 7) is 2.30. The van der Waals surface area contributed by atoms with Crippen LogP contribution in [0.2, 0.25) is 0 Å². The lowest BCUT2D eigenvalue weighted by Crippen LogP contribution is -2.29. The van der Waals surface area contributed by atoms with Gasteiger partial charge in [0.25, 0.3) is 11.7 Å². The van der Waals surface area contributed by atoms with Crippen LogP contribution in [0.1, 0.15) is 28.3 Å². The van der Waals surface area contributed by atoms with Crippen molar-refractivity contribution in [1.29, 1.82) is 0 Å². The Balaban J connectivity index is 1.55. The lowest BCUT2D eigenvalue weighted by atomic mass is 9.94. The molecule has 196 valence electrons. The highest BCUT2D eigenvalue weighted by molar-refractivity contribution is 6.51. The molecule has 1 aliphatic rings. The van der Waals surface area contributed by atoms with Crippen LogP contribution in [0.4, 0.5) is 11.4 Å². The number of para-hydroxylation sites is 1. The molecule has 0 aliphatic carbocycles. The maximum Gasteiger partial charge on any atom is 0.300 e. The number of ketones is 1. The fourth-order valence-corrected chi connectivity index (χ4v) is 4.81. The first-order valence-corrected chi connectivity index (χ1v) is 12.8. The molecule has 1 saturated heterocycles. The number of Topliss-reactive ketones (excluding diaryl/α,β-unsaturated/α-hetero) is 1. The molecule has 0 bridgehead atoms. The molecule has 1 fully saturated rings. The molecule has 1 N–H and O–H groups in total. The van der Waals surface area contributed by atoms with Crippen molar-refractivity contribution in [3.63, 3.8) is 0 Å². The number of anilines is 2. The van der Waals surface area contributed by atoms with Crippen molar-refractivity contribution in [2.24, 2.45) is 0 Å². The molecule has 4 aromatic rings. The summed E-state index contributed by atoms with van der Waals surface area (Å²) >= 11 is 0. The van der Waals surface area contributed by atoms with Gasteiger partial charge in [-0.1, -0.05) is 60.7 Å². The van der Waals surface area contributed by atoms with E-state index in [0.717, 1.165) is 22.4 Å². The molecule has 1 amide bonds. The number of benzene rings is 4. The zero-order valence-electron chi connectivity index (χ0n) is 22.2. The highest BCUT2D eigenvalue weighted by Gasteiger charge is 2.46. The number of aliphatic hydroxyl groups excluding tert-OH is 1. The Hall–Kier alpha value is -4.84. The topological polar surface area (TPSA) is 70.1 Å². The van der Waals surface area contributed by atoms with E-state index in [1.807, 2.05) is 98.7 Å². The highest BCUT2D eigenvalue weighted by Crippen LogP contribution is 2.42. The number of hydrogen-bond donors (Lipinski definition) is 1. The molecule has 0 radical (unpaired) electrons. The van der Waals surface area contributed by atoms with E-state index in [0.29, 0.717) is 23.6 Å². The molecule has 4 aromatic carbocycles. The monoisotopic (exact) mass is 518 g/mol. The van der Waals surface area contributed by atoms with E-state index < -0.39 is 17.7 Å². The Morgan fingerprint density at radius 3 is 2.13 bits per heavy atom. The predicted molar refractivity (Wildman–Crippen MR) is 154 cm³/mol. The van der Waals surface area contributed by atoms with Gasteiger partial charge in [0.05, 0.1) is 11.6 Å². The number of aryl methyl sites for hydroxylation is 1. The van der Waals surface area contributed by atoms with Gasteiger partial charge in [-0.3, -0.25) is 14.5 Å². The van der Waals surface area contributed by atoms with Gasteiger partial charge >= 0.3 is 0 Å². The SMILES string of the molecule is Cc1cc(/C(O)=C2/C(=O)C(=O)N(c3ccccc3)C2c2ccc(N(C)C)cc2)ccc1OCc1ccccc1. The molecule has 5 rings (SSSR count). The third kappa shape index (κ3) is 5.14. The Morgan fingerprint density at radius 2 is 1.51 bits per heavy atom. The standard InChI is InChI=1S/C33H30N2O4/c1-22-20-25(16-19-28(22)39-21-23-10-6-4-7-11-23)31(36)29-30(24-14-17-26(18-15-24)34(2)3)35(33(38)32(29)37)27-12-8-5-9-13-27/h4-20,30,36H,21H2,1-3H3/b31-29-. The van der Waals surface area contributed by atoms with Crippen molar-refractivity contribution in [2.45, 2.75) is 19.6 Å². The number of ether oxygens (including phenoxy) is 1. The van der Waals surface area contributed by atoms with E-state index >= 15 is 0 Å². The van der Waals surface area contributed by atoms with Crippen LogP contribution >= 0.6 is 0 Å². The number of hydrogen-bond acceptors (Lipinski definition) is 5. The van der Waals surface area contributed by atoms with Gasteiger partial charge < -0.3 is 14.7 Å². The van der Waals surface area contributed by atoms with Crippen LogP contribution in [0.3, 0.4) is 0 Å². The second kappa shape index (κ2) is 10.9. The van der Waals surface area contributed by atoms with Crippen LogP contribution in [0.15, 0.2) is 109 Å². The van der Waals surface area contributed by atoms with E-state index in [2.05, 4.69) is 0 Å². The molecule has 1 atom stereocenters. The number of amides is 1. The minimum Gasteiger partial charge on any atom is -0.507 e. The molecule has 0 aromatic heterocycles. The first kappa shape index (κ1) is 25.8. The Bertz CT molecular complexity index is 1530. The van der Waals surface area contributed by atoms with Crippen molar-refractivity contribution in [3.05, 3.63) is 131 Å². The summed E-state index contributed by atoms with van der Waals surface area (Å²) in [5.74, 6) is -0.939. The van der Waals surface area contributed by atoms with E-state index in [-0.39, 0.29) is 11.3 Å². The molecule has 6 heteroatoms. The number of aliphatic hydroxyl groups is 1. The number of carbonyl (C=O) groups excluding carboxylic acids is 2. The molecule has 6 nitrogen and oxygen atoms in total. The Labute approximate surface area is 228 Å². The number of carbonyl (C=O) groups is 2. The molecular formula is C33H30N2O4. The Morgan fingerprint density at radius 1 is 0.872 bits per heavy atom. The van der Waals surface area contributed by atoms with Gasteiger partial charge in [-0.15, -0.1) is 0 Å². The van der Waals surface area contributed by atoms with Gasteiger partial charge in [0.1, 0.15) is 18.1 Å². The van der Waals surface area contributed by atoms with Crippen LogP contribution < -0.4 is 14.5 Å². The quantitative estimate of drug-likeness (QED) is 0.178. The molecule has 0 saturated carbocycles. The van der Waals surface area contributed by atoms with Crippen molar-refractivity contribution < 1.29 is 19.4 Å². The normalized spacial score (nSPS) is 16.4. The maximum atomic E-state index is 13.4. The lowest BCUT2D eigenvalue weighted by molar-refractivity contribution is -0.132. The molecule has 1 unspecified atom stereocenters. The zero-order chi connectivity index (χ0) is 27.5. The summed E-state index contributed by atoms with van der Waals surface area (Å²) in [5, 5.41) is 11.5. The van der Waals surface area contributed by atoms with Gasteiger partial charge in [0.15, 0.2) is 0 Å². The fourth-order valence-electron chi connectivity index (χ4n) is 4.81. The molecular weight excluding hydrogens is 488 g/mol. The lowest BCUT2D eigenvalue weighted by Gasteiger charge is -2.26. The van der Waals surface area contributed by atoms with Gasteiger partial charge in [-0.25, -0.2) is 0 Å². The largest absolute Gasteiger partial charge is 0.507 e. The Kier molecular flexibility index (Phi) is 7.19. The van der Waals surface area contributed by atoms with Gasteiger partial charge in [-0.05, 0) is 66.1 Å². The smallest absolute Gasteiger partial charge is 0.300 e. The molecule has 0 spiro atoms. The third-order valence-electron chi connectivity index (χ3n) is 6.89. The summed E-state index contributed by atoms with van der Waals surface area (Å²) in [6.07, 6.45) is 0. The summed E-state index contributed by atoms with van der Waals surface area (Å²) in [7, 11) is 3.89. The second-order valence-corrected chi connectivity index (χ2v) is 9.75. The molecule has 1 heterocycles. The average molecular weight is 519 g/mol. The summed E-state index contributed by atoms with van der Waals surface area (Å²) in [5.41, 5.74) is 4.65. The van der Waals surface area contributed by atoms with Gasteiger partial charge in [0.2, 0.25) is 0 Å². The number of nitrogens with zero attached hydrogens (tertiary/aromatic N) is 2. The van der Waals surface area contributed by atoms with E-state index in [9.17, 15) is 14.7 Å². The number of rotatable bonds is 7. The predicted octanol–water partition coefficient (Wildman–Crippen LogP) is 6.27. The van der Waals surface area contributed by atoms with Crippen LogP contribution in [-0.4, -0.2) is 30.9 Å². The zero-order valence-corrected chi connectivity index (χ0v) is 22.2. The second-order valence-electron chi connectivity index (χ2n) is 9.75. The first-order chi connectivity index (χ1) is 18.8. The average Bonchev–Trinajstić information content (AvgIpc) is 3.23. The summed E-state index contributed by atoms with van der Waals surface area (Å²) in [4.78, 5) is 30.2. The molecule has 1 aliphatic heterocycles. The van der Waals surface area contributed by atoms with E-state index in [4.69, 9.17) is 4.74 Å². The van der Waals surface area contributed by atoms with E-state index in [1.54, 1.807) is 30.3 Å². The van der Waals surface area contributed by atoms with Gasteiger partial charge in [0, 0.05) is 31.0 Å². The van der Waals surface area contributed by atoms with Crippen LogP contribution in [0.25, 0.3) is 5.76 Å². The van der Waals surface area contributed by atoms with Gasteiger partial charge in [-0.2, -0.15) is 0 Å². The maximum absolute atomic E-state index is 13.4. The minimum absolute atomic E-state index is 0.0545. The van der Waals surface area contributed by atoms with Crippen molar-refractivity contribution in [2.75, 3.05) is 23.9 Å². The fraction of sp³-hybridized carbons (Fsp3) is 0.152. The molecule has 39 heavy (non-hydrogen) atoms. The minimum atomic E-state index is -0.780. The summed E-state index contributed by atoms with van der Waals surface area (Å²) < 4.78 is 5.99. The van der Waals surface area contributed by atoms with Crippen LogP contribution in [0, 0.1) is 6.92 Å².